The molecule has 4 aliphatic rings. The number of benzene rings is 1. The van der Waals surface area contributed by atoms with E-state index in [1.54, 1.807) is 18.2 Å². The smallest absolute Gasteiger partial charge is 0.226 e. The van der Waals surface area contributed by atoms with Crippen molar-refractivity contribution in [2.24, 2.45) is 17.8 Å². The van der Waals surface area contributed by atoms with Gasteiger partial charge in [0.15, 0.2) is 0 Å². The summed E-state index contributed by atoms with van der Waals surface area (Å²) in [7, 11) is 1.77. The molecule has 4 heteroatoms. The minimum Gasteiger partial charge on any atom is -0.383 e. The number of piperidine rings is 2. The molecule has 2 saturated heterocycles. The fourth-order valence-corrected chi connectivity index (χ4v) is 6.54. The predicted molar refractivity (Wildman–Crippen MR) is 110 cm³/mol. The third-order valence-corrected chi connectivity index (χ3v) is 8.39. The summed E-state index contributed by atoms with van der Waals surface area (Å²) in [4.78, 5) is 18.0. The van der Waals surface area contributed by atoms with Crippen LogP contribution in [0, 0.1) is 17.8 Å². The number of hydrogen-bond acceptors (Lipinski definition) is 3. The fraction of sp³-hybridized carbons (Fsp3) is 0.708. The van der Waals surface area contributed by atoms with Crippen molar-refractivity contribution in [2.45, 2.75) is 43.9 Å². The van der Waals surface area contributed by atoms with Gasteiger partial charge in [-0.3, -0.25) is 4.79 Å². The number of nitrogens with zero attached hydrogens (tertiary/aromatic N) is 2. The number of hydrogen-bond donors (Lipinski definition) is 0. The summed E-state index contributed by atoms with van der Waals surface area (Å²) in [6, 6.07) is 9.00. The lowest BCUT2D eigenvalue weighted by Gasteiger charge is -2.52. The molecule has 0 radical (unpaired) electrons. The quantitative estimate of drug-likeness (QED) is 0.802. The van der Waals surface area contributed by atoms with E-state index in [4.69, 9.17) is 4.74 Å². The maximum atomic E-state index is 13.3. The van der Waals surface area contributed by atoms with E-state index < -0.39 is 0 Å². The first-order valence-electron chi connectivity index (χ1n) is 11.3. The number of amides is 1. The topological polar surface area (TPSA) is 32.8 Å². The van der Waals surface area contributed by atoms with Gasteiger partial charge in [0.1, 0.15) is 0 Å². The second kappa shape index (κ2) is 7.46. The van der Waals surface area contributed by atoms with Crippen LogP contribution < -0.4 is 0 Å². The Morgan fingerprint density at radius 2 is 2.00 bits per heavy atom. The van der Waals surface area contributed by atoms with Crippen molar-refractivity contribution in [3.05, 3.63) is 35.4 Å². The number of rotatable bonds is 4. The Balaban J connectivity index is 1.19. The number of carbonyl (C=O) groups is 1. The summed E-state index contributed by atoms with van der Waals surface area (Å²) in [6.07, 6.45) is 7.18. The molecule has 2 heterocycles. The van der Waals surface area contributed by atoms with Gasteiger partial charge in [-0.25, -0.2) is 0 Å². The molecule has 3 atom stereocenters. The number of methoxy groups -OCH3 is 1. The zero-order valence-electron chi connectivity index (χ0n) is 17.2. The molecule has 0 N–H and O–H groups in total. The number of likely N-dealkylation sites (tertiary alicyclic amines) is 2. The Hall–Kier alpha value is -1.39. The first-order valence-corrected chi connectivity index (χ1v) is 11.3. The van der Waals surface area contributed by atoms with Crippen molar-refractivity contribution in [3.63, 3.8) is 0 Å². The van der Waals surface area contributed by atoms with Gasteiger partial charge in [-0.05, 0) is 73.4 Å². The number of carbonyl (C=O) groups excluding carboxylic acids is 1. The zero-order chi connectivity index (χ0) is 19.1. The summed E-state index contributed by atoms with van der Waals surface area (Å²) >= 11 is 0. The molecule has 5 rings (SSSR count). The summed E-state index contributed by atoms with van der Waals surface area (Å²) < 4.78 is 5.25. The molecule has 3 fully saturated rings. The second-order valence-corrected chi connectivity index (χ2v) is 9.61. The largest absolute Gasteiger partial charge is 0.383 e. The molecule has 28 heavy (non-hydrogen) atoms. The van der Waals surface area contributed by atoms with Gasteiger partial charge in [-0.15, -0.1) is 0 Å². The summed E-state index contributed by atoms with van der Waals surface area (Å²) in [5.41, 5.74) is 3.46. The van der Waals surface area contributed by atoms with Gasteiger partial charge in [0.2, 0.25) is 5.91 Å². The van der Waals surface area contributed by atoms with Crippen LogP contribution in [0.3, 0.4) is 0 Å². The Labute approximate surface area is 169 Å². The van der Waals surface area contributed by atoms with Gasteiger partial charge in [0.25, 0.3) is 0 Å². The van der Waals surface area contributed by atoms with Crippen molar-refractivity contribution in [1.82, 2.24) is 9.80 Å². The van der Waals surface area contributed by atoms with Gasteiger partial charge >= 0.3 is 0 Å². The number of ether oxygens (including phenoxy) is 1. The highest BCUT2D eigenvalue weighted by molar-refractivity contribution is 5.80. The predicted octanol–water partition coefficient (Wildman–Crippen LogP) is 3.10. The molecular formula is C24H34N2O2. The lowest BCUT2D eigenvalue weighted by Crippen LogP contribution is -2.57. The van der Waals surface area contributed by atoms with Crippen molar-refractivity contribution in [1.29, 1.82) is 0 Å². The van der Waals surface area contributed by atoms with Crippen LogP contribution in [0.5, 0.6) is 0 Å². The number of aryl methyl sites for hydroxylation is 1. The summed E-state index contributed by atoms with van der Waals surface area (Å²) in [6.45, 7) is 5.98. The first-order chi connectivity index (χ1) is 13.7. The standard InChI is InChI=1S/C24H34N2O2/c1-28-15-14-25-11-7-19-16-20(21(19)17-25)23(27)26-12-9-24(10-13-26)8-6-18-4-2-3-5-22(18)24/h2-5,19-21H,6-17H2,1H3/t19-,20-,21-/m1/s1. The normalized spacial score (nSPS) is 31.3. The molecule has 4 nitrogen and oxygen atoms in total. The Morgan fingerprint density at radius 1 is 1.18 bits per heavy atom. The van der Waals surface area contributed by atoms with Crippen LogP contribution in [0.15, 0.2) is 24.3 Å². The van der Waals surface area contributed by atoms with Gasteiger partial charge in [-0.2, -0.15) is 0 Å². The van der Waals surface area contributed by atoms with Crippen molar-refractivity contribution in [3.8, 4) is 0 Å². The lowest BCUT2D eigenvalue weighted by atomic mass is 9.61. The van der Waals surface area contributed by atoms with Crippen LogP contribution in [0.1, 0.15) is 43.2 Å². The lowest BCUT2D eigenvalue weighted by molar-refractivity contribution is -0.149. The van der Waals surface area contributed by atoms with Crippen LogP contribution >= 0.6 is 0 Å². The molecular weight excluding hydrogens is 348 g/mol. The molecule has 152 valence electrons. The van der Waals surface area contributed by atoms with Gasteiger partial charge in [0, 0.05) is 39.2 Å². The second-order valence-electron chi connectivity index (χ2n) is 9.61. The zero-order valence-corrected chi connectivity index (χ0v) is 17.2. The van der Waals surface area contributed by atoms with Crippen molar-refractivity contribution >= 4 is 5.91 Å². The Kier molecular flexibility index (Phi) is 4.96. The molecule has 1 aromatic rings. The van der Waals surface area contributed by atoms with Crippen LogP contribution in [-0.2, 0) is 21.4 Å². The summed E-state index contributed by atoms with van der Waals surface area (Å²) in [5, 5.41) is 0. The highest BCUT2D eigenvalue weighted by Gasteiger charge is 2.50. The van der Waals surface area contributed by atoms with E-state index in [9.17, 15) is 4.79 Å². The third kappa shape index (κ3) is 3.09. The maximum Gasteiger partial charge on any atom is 0.226 e. The first kappa shape index (κ1) is 18.6. The van der Waals surface area contributed by atoms with Crippen LogP contribution in [0.4, 0.5) is 0 Å². The van der Waals surface area contributed by atoms with Crippen LogP contribution in [-0.4, -0.2) is 62.1 Å². The highest BCUT2D eigenvalue weighted by atomic mass is 16.5. The van der Waals surface area contributed by atoms with Crippen LogP contribution in [0.25, 0.3) is 0 Å². The average molecular weight is 383 g/mol. The van der Waals surface area contributed by atoms with E-state index in [-0.39, 0.29) is 5.92 Å². The minimum absolute atomic E-state index is 0.278. The molecule has 1 spiro atoms. The van der Waals surface area contributed by atoms with Crippen molar-refractivity contribution < 1.29 is 9.53 Å². The maximum absolute atomic E-state index is 13.3. The van der Waals surface area contributed by atoms with Gasteiger partial charge < -0.3 is 14.5 Å². The van der Waals surface area contributed by atoms with Gasteiger partial charge in [0.05, 0.1) is 6.61 Å². The SMILES string of the molecule is COCCN1CC[C@@H]2C[C@@H](C(=O)N3CCC4(CCc5ccccc54)CC3)[C@@H]2C1. The van der Waals surface area contributed by atoms with E-state index in [2.05, 4.69) is 34.1 Å². The molecule has 1 amide bonds. The van der Waals surface area contributed by atoms with E-state index >= 15 is 0 Å². The van der Waals surface area contributed by atoms with E-state index in [1.807, 2.05) is 0 Å². The molecule has 1 saturated carbocycles. The molecule has 0 aromatic heterocycles. The monoisotopic (exact) mass is 382 g/mol. The van der Waals surface area contributed by atoms with E-state index in [0.29, 0.717) is 17.2 Å². The molecule has 2 aliphatic carbocycles. The highest BCUT2D eigenvalue weighted by Crippen LogP contribution is 2.49. The fourth-order valence-electron chi connectivity index (χ4n) is 6.54. The molecule has 2 aliphatic heterocycles. The minimum atomic E-state index is 0.278. The summed E-state index contributed by atoms with van der Waals surface area (Å²) in [5.74, 6) is 2.10. The Bertz CT molecular complexity index is 723. The molecule has 0 bridgehead atoms. The van der Waals surface area contributed by atoms with Gasteiger partial charge in [-0.1, -0.05) is 24.3 Å². The molecule has 0 unspecified atom stereocenters. The van der Waals surface area contributed by atoms with E-state index in [1.165, 1.54) is 25.8 Å². The van der Waals surface area contributed by atoms with Crippen LogP contribution in [0.2, 0.25) is 0 Å². The average Bonchev–Trinajstić information content (AvgIpc) is 3.07. The third-order valence-electron chi connectivity index (χ3n) is 8.39. The van der Waals surface area contributed by atoms with E-state index in [0.717, 1.165) is 58.0 Å². The van der Waals surface area contributed by atoms with Crippen molar-refractivity contribution in [2.75, 3.05) is 46.4 Å². The Morgan fingerprint density at radius 3 is 2.82 bits per heavy atom. The molecule has 1 aromatic carbocycles. The number of fused-ring (bicyclic) bond motifs is 3.